The lowest BCUT2D eigenvalue weighted by atomic mass is 10.1. The van der Waals surface area contributed by atoms with Crippen molar-refractivity contribution in [1.29, 1.82) is 0 Å². The first-order valence-electron chi connectivity index (χ1n) is 4.99. The Labute approximate surface area is 106 Å². The summed E-state index contributed by atoms with van der Waals surface area (Å²) in [6, 6.07) is 7.53. The van der Waals surface area contributed by atoms with E-state index in [4.69, 9.17) is 5.11 Å². The van der Waals surface area contributed by atoms with E-state index >= 15 is 0 Å². The maximum atomic E-state index is 10.8. The number of para-hydroxylation sites is 1. The number of halogens is 1. The molecule has 0 bridgehead atoms. The quantitative estimate of drug-likeness (QED) is 0.943. The molecule has 88 valence electrons. The van der Waals surface area contributed by atoms with Gasteiger partial charge in [-0.15, -0.1) is 5.10 Å². The van der Waals surface area contributed by atoms with Gasteiger partial charge in [-0.1, -0.05) is 17.3 Å². The van der Waals surface area contributed by atoms with Gasteiger partial charge < -0.3 is 5.11 Å². The van der Waals surface area contributed by atoms with Crippen molar-refractivity contribution in [2.75, 3.05) is 0 Å². The monoisotopic (exact) mass is 295 g/mol. The molecule has 2 aromatic rings. The second-order valence-electron chi connectivity index (χ2n) is 3.60. The highest BCUT2D eigenvalue weighted by atomic mass is 79.9. The van der Waals surface area contributed by atoms with Crippen molar-refractivity contribution >= 4 is 21.9 Å². The van der Waals surface area contributed by atoms with Crippen molar-refractivity contribution < 1.29 is 9.90 Å². The molecule has 1 aromatic heterocycles. The van der Waals surface area contributed by atoms with Crippen LogP contribution in [-0.4, -0.2) is 26.1 Å². The van der Waals surface area contributed by atoms with Crippen LogP contribution in [0, 0.1) is 0 Å². The minimum atomic E-state index is -0.913. The third-order valence-corrected chi connectivity index (χ3v) is 3.10. The van der Waals surface area contributed by atoms with E-state index in [0.717, 1.165) is 10.2 Å². The molecule has 0 saturated heterocycles. The van der Waals surface area contributed by atoms with Gasteiger partial charge in [-0.2, -0.15) is 0 Å². The number of aliphatic carboxylic acids is 1. The van der Waals surface area contributed by atoms with Crippen LogP contribution in [0.15, 0.2) is 34.9 Å². The van der Waals surface area contributed by atoms with Crippen LogP contribution in [0.3, 0.4) is 0 Å². The van der Waals surface area contributed by atoms with Crippen LogP contribution < -0.4 is 0 Å². The summed E-state index contributed by atoms with van der Waals surface area (Å²) in [5, 5.41) is 16.7. The summed E-state index contributed by atoms with van der Waals surface area (Å²) in [6.45, 7) is 1.58. The molecule has 1 heterocycles. The van der Waals surface area contributed by atoms with Gasteiger partial charge in [0.2, 0.25) is 0 Å². The lowest BCUT2D eigenvalue weighted by Crippen LogP contribution is -2.07. The van der Waals surface area contributed by atoms with Gasteiger partial charge in [0.15, 0.2) is 0 Å². The number of carbonyl (C=O) groups is 1. The van der Waals surface area contributed by atoms with E-state index in [1.54, 1.807) is 17.8 Å². The van der Waals surface area contributed by atoms with Crippen LogP contribution in [0.4, 0.5) is 0 Å². The molecule has 0 aliphatic carbocycles. The standard InChI is InChI=1S/C11H10BrN3O2/c1-7(11(16)17)9-6-15(14-13-9)10-5-3-2-4-8(10)12/h2-7H,1H3,(H,16,17). The van der Waals surface area contributed by atoms with E-state index in [2.05, 4.69) is 26.2 Å². The van der Waals surface area contributed by atoms with E-state index in [9.17, 15) is 4.79 Å². The maximum Gasteiger partial charge on any atom is 0.312 e. The van der Waals surface area contributed by atoms with Gasteiger partial charge in [0.1, 0.15) is 0 Å². The van der Waals surface area contributed by atoms with Crippen LogP contribution in [0.25, 0.3) is 5.69 Å². The summed E-state index contributed by atoms with van der Waals surface area (Å²) in [5.74, 6) is -1.57. The number of benzene rings is 1. The number of carboxylic acid groups (broad SMARTS) is 1. The number of hydrogen-bond acceptors (Lipinski definition) is 3. The number of carboxylic acids is 1. The van der Waals surface area contributed by atoms with Gasteiger partial charge in [-0.25, -0.2) is 4.68 Å². The molecule has 6 heteroatoms. The summed E-state index contributed by atoms with van der Waals surface area (Å²) in [6.07, 6.45) is 1.62. The first kappa shape index (κ1) is 11.8. The number of hydrogen-bond donors (Lipinski definition) is 1. The molecule has 0 aliphatic rings. The van der Waals surface area contributed by atoms with E-state index in [-0.39, 0.29) is 0 Å². The average molecular weight is 296 g/mol. The second-order valence-corrected chi connectivity index (χ2v) is 4.45. The van der Waals surface area contributed by atoms with Crippen LogP contribution >= 0.6 is 15.9 Å². The fraction of sp³-hybridized carbons (Fsp3) is 0.182. The van der Waals surface area contributed by atoms with E-state index in [0.29, 0.717) is 5.69 Å². The second kappa shape index (κ2) is 4.67. The zero-order valence-corrected chi connectivity index (χ0v) is 10.6. The van der Waals surface area contributed by atoms with Crippen molar-refractivity contribution in [3.05, 3.63) is 40.6 Å². The first-order valence-corrected chi connectivity index (χ1v) is 5.79. The summed E-state index contributed by atoms with van der Waals surface area (Å²) in [4.78, 5) is 10.8. The predicted octanol–water partition coefficient (Wildman–Crippen LogP) is 2.22. The molecule has 2 rings (SSSR count). The Morgan fingerprint density at radius 2 is 2.18 bits per heavy atom. The van der Waals surface area contributed by atoms with Gasteiger partial charge >= 0.3 is 5.97 Å². The van der Waals surface area contributed by atoms with E-state index in [1.807, 2.05) is 24.3 Å². The highest BCUT2D eigenvalue weighted by Gasteiger charge is 2.18. The minimum Gasteiger partial charge on any atom is -0.481 e. The van der Waals surface area contributed by atoms with Crippen molar-refractivity contribution in [2.24, 2.45) is 0 Å². The average Bonchev–Trinajstić information content (AvgIpc) is 2.77. The summed E-state index contributed by atoms with van der Waals surface area (Å²) < 4.78 is 2.43. The van der Waals surface area contributed by atoms with Crippen molar-refractivity contribution in [2.45, 2.75) is 12.8 Å². The van der Waals surface area contributed by atoms with Crippen LogP contribution in [0.1, 0.15) is 18.5 Å². The zero-order chi connectivity index (χ0) is 12.4. The van der Waals surface area contributed by atoms with Crippen LogP contribution in [0.5, 0.6) is 0 Å². The SMILES string of the molecule is CC(C(=O)O)c1cn(-c2ccccc2Br)nn1. The Balaban J connectivity index is 2.37. The Morgan fingerprint density at radius 3 is 2.82 bits per heavy atom. The molecule has 0 saturated carbocycles. The number of rotatable bonds is 3. The lowest BCUT2D eigenvalue weighted by molar-refractivity contribution is -0.138. The molecule has 1 unspecified atom stereocenters. The van der Waals surface area contributed by atoms with E-state index in [1.165, 1.54) is 0 Å². The molecular formula is C11H10BrN3O2. The van der Waals surface area contributed by atoms with Crippen LogP contribution in [0.2, 0.25) is 0 Å². The summed E-state index contributed by atoms with van der Waals surface area (Å²) in [5.41, 5.74) is 1.26. The van der Waals surface area contributed by atoms with Gasteiger partial charge in [0, 0.05) is 4.47 Å². The molecule has 0 aliphatic heterocycles. The molecule has 0 spiro atoms. The van der Waals surface area contributed by atoms with Crippen molar-refractivity contribution in [3.63, 3.8) is 0 Å². The fourth-order valence-corrected chi connectivity index (χ4v) is 1.82. The smallest absolute Gasteiger partial charge is 0.312 e. The van der Waals surface area contributed by atoms with Crippen LogP contribution in [-0.2, 0) is 4.79 Å². The third-order valence-electron chi connectivity index (χ3n) is 2.42. The van der Waals surface area contributed by atoms with Gasteiger partial charge in [0.25, 0.3) is 0 Å². The fourth-order valence-electron chi connectivity index (χ4n) is 1.36. The molecule has 17 heavy (non-hydrogen) atoms. The van der Waals surface area contributed by atoms with Crippen molar-refractivity contribution in [1.82, 2.24) is 15.0 Å². The molecule has 0 amide bonds. The Bertz CT molecular complexity index is 553. The van der Waals surface area contributed by atoms with Gasteiger partial charge in [-0.3, -0.25) is 4.79 Å². The van der Waals surface area contributed by atoms with E-state index < -0.39 is 11.9 Å². The van der Waals surface area contributed by atoms with Gasteiger partial charge in [-0.05, 0) is 35.0 Å². The highest BCUT2D eigenvalue weighted by molar-refractivity contribution is 9.10. The molecule has 0 fully saturated rings. The van der Waals surface area contributed by atoms with Gasteiger partial charge in [0.05, 0.1) is 23.5 Å². The Morgan fingerprint density at radius 1 is 1.47 bits per heavy atom. The topological polar surface area (TPSA) is 68.0 Å². The zero-order valence-electron chi connectivity index (χ0n) is 9.04. The summed E-state index contributed by atoms with van der Waals surface area (Å²) in [7, 11) is 0. The number of nitrogens with zero attached hydrogens (tertiary/aromatic N) is 3. The maximum absolute atomic E-state index is 10.8. The normalized spacial score (nSPS) is 12.4. The Kier molecular flexibility index (Phi) is 3.23. The highest BCUT2D eigenvalue weighted by Crippen LogP contribution is 2.21. The third kappa shape index (κ3) is 2.36. The molecular weight excluding hydrogens is 286 g/mol. The molecule has 0 radical (unpaired) electrons. The lowest BCUT2D eigenvalue weighted by Gasteiger charge is -2.02. The van der Waals surface area contributed by atoms with Crippen molar-refractivity contribution in [3.8, 4) is 5.69 Å². The molecule has 1 N–H and O–H groups in total. The first-order chi connectivity index (χ1) is 8.09. The summed E-state index contributed by atoms with van der Waals surface area (Å²) >= 11 is 3.40. The Hall–Kier alpha value is -1.69. The predicted molar refractivity (Wildman–Crippen MR) is 65.1 cm³/mol. The molecule has 1 aromatic carbocycles. The number of aromatic nitrogens is 3. The largest absolute Gasteiger partial charge is 0.481 e. The minimum absolute atomic E-state index is 0.438. The molecule has 5 nitrogen and oxygen atoms in total. The molecule has 1 atom stereocenters.